The van der Waals surface area contributed by atoms with Crippen LogP contribution >= 0.6 is 0 Å². The zero-order valence-corrected chi connectivity index (χ0v) is 18.7. The number of hydrogen-bond donors (Lipinski definition) is 2. The molecule has 1 amide bonds. The van der Waals surface area contributed by atoms with Gasteiger partial charge in [0.2, 0.25) is 0 Å². The fourth-order valence-electron chi connectivity index (χ4n) is 4.33. The summed E-state index contributed by atoms with van der Waals surface area (Å²) in [6, 6.07) is 15.8. The van der Waals surface area contributed by atoms with Crippen molar-refractivity contribution in [3.8, 4) is 22.3 Å². The third-order valence-corrected chi connectivity index (χ3v) is 6.86. The Bertz CT molecular complexity index is 1190. The average molecular weight is 446 g/mol. The molecule has 1 unspecified atom stereocenters. The van der Waals surface area contributed by atoms with E-state index in [1.807, 2.05) is 55.5 Å². The van der Waals surface area contributed by atoms with Gasteiger partial charge in [-0.15, -0.1) is 0 Å². The van der Waals surface area contributed by atoms with Crippen molar-refractivity contribution in [3.05, 3.63) is 60.3 Å². The second kappa shape index (κ2) is 8.06. The smallest absolute Gasteiger partial charge is 0.413 e. The van der Waals surface area contributed by atoms with Gasteiger partial charge in [0.15, 0.2) is 0 Å². The summed E-state index contributed by atoms with van der Waals surface area (Å²) < 4.78 is 7.12. The Balaban J connectivity index is 1.32. The lowest BCUT2D eigenvalue weighted by Crippen LogP contribution is -2.22. The summed E-state index contributed by atoms with van der Waals surface area (Å²) in [5, 5.41) is 16.6. The third kappa shape index (κ3) is 4.11. The van der Waals surface area contributed by atoms with Crippen LogP contribution in [0.1, 0.15) is 38.2 Å². The largest absolute Gasteiger partial charge is 0.481 e. The first-order chi connectivity index (χ1) is 15.9. The highest BCUT2D eigenvalue weighted by molar-refractivity contribution is 5.90. The van der Waals surface area contributed by atoms with Crippen LogP contribution in [0.5, 0.6) is 0 Å². The molecule has 0 radical (unpaired) electrons. The Kier molecular flexibility index (Phi) is 5.19. The van der Waals surface area contributed by atoms with E-state index in [1.54, 1.807) is 17.9 Å². The molecule has 2 N–H and O–H groups in total. The lowest BCUT2D eigenvalue weighted by atomic mass is 9.93. The first-order valence-corrected chi connectivity index (χ1v) is 11.3. The molecule has 0 saturated heterocycles. The standard InChI is InChI=1S/C26H27N3O4/c1-16(17-3-4-17)33-25(32)28-23-22(15-27-29(23)2)20-7-5-18(6-8-20)19-9-11-21(12-10-19)26(13-14-26)24(30)31/h5-12,15-17H,3-4,13-14H2,1-2H3,(H,28,32)(H,30,31). The number of carbonyl (C=O) groups is 2. The van der Waals surface area contributed by atoms with Crippen LogP contribution in [0, 0.1) is 5.92 Å². The summed E-state index contributed by atoms with van der Waals surface area (Å²) in [7, 11) is 1.78. The molecule has 33 heavy (non-hydrogen) atoms. The highest BCUT2D eigenvalue weighted by Crippen LogP contribution is 2.48. The number of amides is 1. The van der Waals surface area contributed by atoms with Crippen molar-refractivity contribution in [2.24, 2.45) is 13.0 Å². The fraction of sp³-hybridized carbons (Fsp3) is 0.346. The highest BCUT2D eigenvalue weighted by atomic mass is 16.6. The van der Waals surface area contributed by atoms with Crippen LogP contribution in [0.3, 0.4) is 0 Å². The van der Waals surface area contributed by atoms with Gasteiger partial charge in [-0.3, -0.25) is 14.8 Å². The minimum atomic E-state index is -0.744. The van der Waals surface area contributed by atoms with Gasteiger partial charge >= 0.3 is 12.1 Å². The first kappa shape index (κ1) is 21.2. The minimum Gasteiger partial charge on any atom is -0.481 e. The summed E-state index contributed by atoms with van der Waals surface area (Å²) in [5.74, 6) is 0.317. The van der Waals surface area contributed by atoms with Crippen LogP contribution in [0.25, 0.3) is 22.3 Å². The predicted molar refractivity (Wildman–Crippen MR) is 125 cm³/mol. The van der Waals surface area contributed by atoms with E-state index in [0.717, 1.165) is 40.7 Å². The average Bonchev–Trinajstić information content (AvgIpc) is 3.73. The zero-order chi connectivity index (χ0) is 23.2. The third-order valence-electron chi connectivity index (χ3n) is 6.86. The van der Waals surface area contributed by atoms with Crippen molar-refractivity contribution < 1.29 is 19.4 Å². The van der Waals surface area contributed by atoms with Gasteiger partial charge in [-0.2, -0.15) is 5.10 Å². The second-order valence-electron chi connectivity index (χ2n) is 9.15. The van der Waals surface area contributed by atoms with Crippen LogP contribution in [0.15, 0.2) is 54.7 Å². The van der Waals surface area contributed by atoms with Gasteiger partial charge in [-0.1, -0.05) is 48.5 Å². The molecular weight excluding hydrogens is 418 g/mol. The molecule has 2 aliphatic carbocycles. The van der Waals surface area contributed by atoms with Crippen molar-refractivity contribution >= 4 is 17.9 Å². The van der Waals surface area contributed by atoms with Crippen molar-refractivity contribution in [3.63, 3.8) is 0 Å². The summed E-state index contributed by atoms with van der Waals surface area (Å²) in [5.41, 5.74) is 3.97. The number of carbonyl (C=O) groups excluding carboxylic acids is 1. The zero-order valence-electron chi connectivity index (χ0n) is 18.7. The number of benzene rings is 2. The summed E-state index contributed by atoms with van der Waals surface area (Å²) >= 11 is 0. The molecule has 0 aliphatic heterocycles. The van der Waals surface area contributed by atoms with Crippen LogP contribution in [0.2, 0.25) is 0 Å². The number of carboxylic acid groups (broad SMARTS) is 1. The molecule has 7 heteroatoms. The van der Waals surface area contributed by atoms with Gasteiger partial charge in [0.05, 0.1) is 11.6 Å². The molecular formula is C26H27N3O4. The van der Waals surface area contributed by atoms with E-state index in [1.165, 1.54) is 0 Å². The van der Waals surface area contributed by atoms with Crippen LogP contribution in [-0.2, 0) is 22.0 Å². The topological polar surface area (TPSA) is 93.4 Å². The first-order valence-electron chi connectivity index (χ1n) is 11.3. The van der Waals surface area contributed by atoms with Gasteiger partial charge in [0.25, 0.3) is 0 Å². The van der Waals surface area contributed by atoms with E-state index in [2.05, 4.69) is 10.4 Å². The van der Waals surface area contributed by atoms with Crippen molar-refractivity contribution in [2.45, 2.75) is 44.1 Å². The van der Waals surface area contributed by atoms with Crippen LogP contribution in [0.4, 0.5) is 10.6 Å². The van der Waals surface area contributed by atoms with E-state index in [4.69, 9.17) is 4.74 Å². The number of aliphatic carboxylic acids is 1. The molecule has 3 aromatic rings. The summed E-state index contributed by atoms with van der Waals surface area (Å²) in [6.45, 7) is 1.93. The molecule has 7 nitrogen and oxygen atoms in total. The highest BCUT2D eigenvalue weighted by Gasteiger charge is 2.51. The molecule has 1 aromatic heterocycles. The molecule has 2 saturated carbocycles. The maximum Gasteiger partial charge on any atom is 0.413 e. The van der Waals surface area contributed by atoms with Crippen molar-refractivity contribution in [1.29, 1.82) is 0 Å². The van der Waals surface area contributed by atoms with Gasteiger partial charge in [-0.05, 0) is 60.8 Å². The molecule has 1 heterocycles. The van der Waals surface area contributed by atoms with E-state index in [9.17, 15) is 14.7 Å². The molecule has 2 fully saturated rings. The van der Waals surface area contributed by atoms with Gasteiger partial charge in [0, 0.05) is 12.6 Å². The van der Waals surface area contributed by atoms with Crippen LogP contribution in [-0.4, -0.2) is 33.1 Å². The molecule has 170 valence electrons. The Morgan fingerprint density at radius 3 is 2.18 bits per heavy atom. The van der Waals surface area contributed by atoms with Gasteiger partial charge in [-0.25, -0.2) is 4.79 Å². The predicted octanol–water partition coefficient (Wildman–Crippen LogP) is 5.22. The summed E-state index contributed by atoms with van der Waals surface area (Å²) in [6.07, 6.45) is 4.80. The number of nitrogens with zero attached hydrogens (tertiary/aromatic N) is 2. The van der Waals surface area contributed by atoms with Crippen molar-refractivity contribution in [1.82, 2.24) is 9.78 Å². The Labute approximate surface area is 192 Å². The van der Waals surface area contributed by atoms with E-state index in [0.29, 0.717) is 24.6 Å². The normalized spacial score (nSPS) is 17.3. The van der Waals surface area contributed by atoms with Crippen molar-refractivity contribution in [2.75, 3.05) is 5.32 Å². The lowest BCUT2D eigenvalue weighted by Gasteiger charge is -2.14. The molecule has 0 spiro atoms. The lowest BCUT2D eigenvalue weighted by molar-refractivity contribution is -0.140. The number of hydrogen-bond acceptors (Lipinski definition) is 4. The Morgan fingerprint density at radius 1 is 1.06 bits per heavy atom. The molecule has 2 aliphatic rings. The number of rotatable bonds is 7. The Morgan fingerprint density at radius 2 is 1.64 bits per heavy atom. The minimum absolute atomic E-state index is 0.0855. The fourth-order valence-corrected chi connectivity index (χ4v) is 4.33. The van der Waals surface area contributed by atoms with E-state index < -0.39 is 17.5 Å². The van der Waals surface area contributed by atoms with E-state index >= 15 is 0 Å². The summed E-state index contributed by atoms with van der Waals surface area (Å²) in [4.78, 5) is 23.9. The molecule has 0 bridgehead atoms. The quantitative estimate of drug-likeness (QED) is 0.520. The maximum atomic E-state index is 12.4. The monoisotopic (exact) mass is 445 g/mol. The maximum absolute atomic E-state index is 12.4. The number of carboxylic acids is 1. The van der Waals surface area contributed by atoms with Crippen LogP contribution < -0.4 is 5.32 Å². The molecule has 1 atom stereocenters. The van der Waals surface area contributed by atoms with Gasteiger partial charge in [0.1, 0.15) is 11.9 Å². The molecule has 5 rings (SSSR count). The number of ether oxygens (including phenoxy) is 1. The SMILES string of the molecule is CC(OC(=O)Nc1c(-c2ccc(-c3ccc(C4(C(=O)O)CC4)cc3)cc2)cnn1C)C1CC1. The second-order valence-corrected chi connectivity index (χ2v) is 9.15. The van der Waals surface area contributed by atoms with E-state index in [-0.39, 0.29) is 6.10 Å². The number of nitrogens with one attached hydrogen (secondary N) is 1. The number of aryl methyl sites for hydroxylation is 1. The Hall–Kier alpha value is -3.61. The van der Waals surface area contributed by atoms with Gasteiger partial charge < -0.3 is 9.84 Å². The number of aromatic nitrogens is 2. The number of anilines is 1. The molecule has 2 aromatic carbocycles.